The molecule has 0 amide bonds. The second-order valence-corrected chi connectivity index (χ2v) is 8.95. The fourth-order valence-electron chi connectivity index (χ4n) is 1.10. The first kappa shape index (κ1) is 16.5. The van der Waals surface area contributed by atoms with Crippen molar-refractivity contribution in [2.75, 3.05) is 19.8 Å². The van der Waals surface area contributed by atoms with Crippen LogP contribution in [0.1, 0.15) is 0 Å². The molecule has 0 aliphatic rings. The quantitative estimate of drug-likeness (QED) is 0.524. The van der Waals surface area contributed by atoms with E-state index in [1.54, 1.807) is 0 Å². The highest BCUT2D eigenvalue weighted by atomic mass is 79.9. The van der Waals surface area contributed by atoms with Gasteiger partial charge in [-0.1, -0.05) is 0 Å². The number of aliphatic hydroxyl groups is 3. The normalized spacial score (nSPS) is 12.9. The predicted molar refractivity (Wildman–Crippen MR) is 74.0 cm³/mol. The van der Waals surface area contributed by atoms with Crippen LogP contribution in [0.3, 0.4) is 0 Å². The highest BCUT2D eigenvalue weighted by molar-refractivity contribution is 9.12. The SMILES string of the molecule is O=S(=O)(NC(CO)(CO)CO)c1cc(Br)sc1Br. The van der Waals surface area contributed by atoms with Gasteiger partial charge in [-0.3, -0.25) is 0 Å². The Bertz CT molecular complexity index is 503. The maximum absolute atomic E-state index is 12.1. The molecule has 4 N–H and O–H groups in total. The van der Waals surface area contributed by atoms with E-state index in [-0.39, 0.29) is 4.90 Å². The molecule has 0 saturated heterocycles. The van der Waals surface area contributed by atoms with Crippen molar-refractivity contribution in [1.29, 1.82) is 0 Å². The zero-order valence-electron chi connectivity index (χ0n) is 8.93. The molecule has 1 rings (SSSR count). The number of nitrogens with one attached hydrogen (secondary N) is 1. The van der Waals surface area contributed by atoms with E-state index in [1.807, 2.05) is 0 Å². The van der Waals surface area contributed by atoms with Gasteiger partial charge >= 0.3 is 0 Å². The van der Waals surface area contributed by atoms with Crippen molar-refractivity contribution in [3.63, 3.8) is 0 Å². The topological polar surface area (TPSA) is 107 Å². The third-order valence-electron chi connectivity index (χ3n) is 2.17. The van der Waals surface area contributed by atoms with E-state index in [9.17, 15) is 8.42 Å². The number of aliphatic hydroxyl groups excluding tert-OH is 3. The third-order valence-corrected chi connectivity index (χ3v) is 6.51. The number of sulfonamides is 1. The monoisotopic (exact) mass is 423 g/mol. The molecule has 10 heteroatoms. The molecule has 18 heavy (non-hydrogen) atoms. The van der Waals surface area contributed by atoms with Gasteiger partial charge < -0.3 is 15.3 Å². The largest absolute Gasteiger partial charge is 0.394 e. The van der Waals surface area contributed by atoms with Crippen LogP contribution in [0.4, 0.5) is 0 Å². The summed E-state index contributed by atoms with van der Waals surface area (Å²) < 4.78 is 27.2. The van der Waals surface area contributed by atoms with Gasteiger partial charge in [0.2, 0.25) is 10.0 Å². The lowest BCUT2D eigenvalue weighted by Crippen LogP contribution is -2.56. The maximum Gasteiger partial charge on any atom is 0.243 e. The molecule has 104 valence electrons. The number of thiophene rings is 1. The molecule has 0 atom stereocenters. The molecule has 6 nitrogen and oxygen atoms in total. The van der Waals surface area contributed by atoms with Crippen molar-refractivity contribution >= 4 is 53.2 Å². The summed E-state index contributed by atoms with van der Waals surface area (Å²) in [7, 11) is -3.96. The van der Waals surface area contributed by atoms with Crippen LogP contribution in [-0.2, 0) is 10.0 Å². The van der Waals surface area contributed by atoms with Crippen LogP contribution in [0, 0.1) is 0 Å². The predicted octanol–water partition coefficient (Wildman–Crippen LogP) is 0.267. The summed E-state index contributed by atoms with van der Waals surface area (Å²) >= 11 is 7.43. The van der Waals surface area contributed by atoms with Crippen molar-refractivity contribution in [2.24, 2.45) is 0 Å². The summed E-state index contributed by atoms with van der Waals surface area (Å²) in [6.45, 7) is -2.16. The Morgan fingerprint density at radius 2 is 1.72 bits per heavy atom. The Morgan fingerprint density at radius 3 is 2.06 bits per heavy atom. The Labute approximate surface area is 125 Å². The Hall–Kier alpha value is 0.450. The second kappa shape index (κ2) is 6.27. The fourth-order valence-corrected chi connectivity index (χ4v) is 6.28. The minimum absolute atomic E-state index is 0.0286. The summed E-state index contributed by atoms with van der Waals surface area (Å²) in [5, 5.41) is 27.3. The third kappa shape index (κ3) is 3.51. The number of hydrogen-bond donors (Lipinski definition) is 4. The van der Waals surface area contributed by atoms with Crippen molar-refractivity contribution in [3.05, 3.63) is 13.6 Å². The van der Waals surface area contributed by atoms with Crippen LogP contribution in [-0.4, -0.2) is 49.1 Å². The second-order valence-electron chi connectivity index (χ2n) is 3.55. The average molecular weight is 425 g/mol. The highest BCUT2D eigenvalue weighted by Gasteiger charge is 2.35. The zero-order valence-corrected chi connectivity index (χ0v) is 13.7. The molecule has 1 heterocycles. The standard InChI is InChI=1S/C8H11Br2NO5S2/c9-6-1-5(7(10)17-6)18(15,16)11-8(2-12,3-13)4-14/h1,11-14H,2-4H2. The smallest absolute Gasteiger partial charge is 0.243 e. The van der Waals surface area contributed by atoms with Gasteiger partial charge in [-0.15, -0.1) is 11.3 Å². The van der Waals surface area contributed by atoms with E-state index in [1.165, 1.54) is 17.4 Å². The lowest BCUT2D eigenvalue weighted by atomic mass is 10.1. The zero-order chi connectivity index (χ0) is 14.0. The molecule has 0 aliphatic carbocycles. The van der Waals surface area contributed by atoms with E-state index in [0.29, 0.717) is 7.57 Å². The molecular formula is C8H11Br2NO5S2. The molecule has 1 aromatic heterocycles. The van der Waals surface area contributed by atoms with E-state index in [4.69, 9.17) is 15.3 Å². The van der Waals surface area contributed by atoms with Crippen molar-refractivity contribution in [1.82, 2.24) is 4.72 Å². The van der Waals surface area contributed by atoms with E-state index in [2.05, 4.69) is 36.6 Å². The van der Waals surface area contributed by atoms with E-state index >= 15 is 0 Å². The molecule has 0 aromatic carbocycles. The van der Waals surface area contributed by atoms with Crippen LogP contribution < -0.4 is 4.72 Å². The molecule has 0 spiro atoms. The van der Waals surface area contributed by atoms with Crippen LogP contribution in [0.15, 0.2) is 18.5 Å². The van der Waals surface area contributed by atoms with E-state index < -0.39 is 35.4 Å². The Kier molecular flexibility index (Phi) is 5.75. The van der Waals surface area contributed by atoms with Gasteiger partial charge in [-0.25, -0.2) is 8.42 Å². The number of hydrogen-bond acceptors (Lipinski definition) is 6. The van der Waals surface area contributed by atoms with Gasteiger partial charge in [-0.05, 0) is 37.9 Å². The van der Waals surface area contributed by atoms with Gasteiger partial charge in [0.05, 0.1) is 27.4 Å². The first-order valence-electron chi connectivity index (χ1n) is 4.61. The average Bonchev–Trinajstić information content (AvgIpc) is 2.66. The Morgan fingerprint density at radius 1 is 1.22 bits per heavy atom. The van der Waals surface area contributed by atoms with Crippen molar-refractivity contribution < 1.29 is 23.7 Å². The summed E-state index contributed by atoms with van der Waals surface area (Å²) in [5.41, 5.74) is -1.69. The molecular weight excluding hydrogens is 414 g/mol. The van der Waals surface area contributed by atoms with E-state index in [0.717, 1.165) is 0 Å². The molecule has 0 fully saturated rings. The van der Waals surface area contributed by atoms with Crippen LogP contribution in [0.2, 0.25) is 0 Å². The van der Waals surface area contributed by atoms with Crippen molar-refractivity contribution in [2.45, 2.75) is 10.4 Å². The molecule has 1 aromatic rings. The van der Waals surface area contributed by atoms with Crippen LogP contribution >= 0.6 is 43.2 Å². The molecule has 0 unspecified atom stereocenters. The van der Waals surface area contributed by atoms with Gasteiger partial charge in [0, 0.05) is 0 Å². The number of rotatable bonds is 6. The molecule has 0 aliphatic heterocycles. The molecule has 0 saturated carbocycles. The summed E-state index contributed by atoms with van der Waals surface area (Å²) in [6.07, 6.45) is 0. The van der Waals surface area contributed by atoms with Gasteiger partial charge in [-0.2, -0.15) is 4.72 Å². The highest BCUT2D eigenvalue weighted by Crippen LogP contribution is 2.35. The lowest BCUT2D eigenvalue weighted by Gasteiger charge is -2.28. The minimum atomic E-state index is -3.96. The first-order valence-corrected chi connectivity index (χ1v) is 8.50. The van der Waals surface area contributed by atoms with Crippen molar-refractivity contribution in [3.8, 4) is 0 Å². The van der Waals surface area contributed by atoms with Crippen LogP contribution in [0.25, 0.3) is 0 Å². The number of halogens is 2. The Balaban J connectivity index is 3.12. The lowest BCUT2D eigenvalue weighted by molar-refractivity contribution is 0.0582. The molecule has 0 bridgehead atoms. The minimum Gasteiger partial charge on any atom is -0.394 e. The fraction of sp³-hybridized carbons (Fsp3) is 0.500. The first-order chi connectivity index (χ1) is 8.30. The van der Waals surface area contributed by atoms with Gasteiger partial charge in [0.15, 0.2) is 0 Å². The summed E-state index contributed by atoms with van der Waals surface area (Å²) in [4.78, 5) is -0.0286. The van der Waals surface area contributed by atoms with Gasteiger partial charge in [0.1, 0.15) is 10.4 Å². The molecule has 0 radical (unpaired) electrons. The van der Waals surface area contributed by atoms with Crippen LogP contribution in [0.5, 0.6) is 0 Å². The maximum atomic E-state index is 12.1. The van der Waals surface area contributed by atoms with Gasteiger partial charge in [0.25, 0.3) is 0 Å². The summed E-state index contributed by atoms with van der Waals surface area (Å²) in [6, 6.07) is 1.38. The summed E-state index contributed by atoms with van der Waals surface area (Å²) in [5.74, 6) is 0.